The highest BCUT2D eigenvalue weighted by atomic mass is 19.1. The Balaban J connectivity index is 0.979. The van der Waals surface area contributed by atoms with E-state index in [4.69, 9.17) is 9.40 Å². The Morgan fingerprint density at radius 3 is 2.31 bits per heavy atom. The van der Waals surface area contributed by atoms with E-state index < -0.39 is 40.5 Å². The fourth-order valence-electron chi connectivity index (χ4n) is 7.90. The van der Waals surface area contributed by atoms with Crippen molar-refractivity contribution in [1.82, 2.24) is 19.9 Å². The number of rotatable bonds is 8. The Bertz CT molecular complexity index is 2380. The maximum atomic E-state index is 15.6. The average Bonchev–Trinajstić information content (AvgIpc) is 4.04. The largest absolute Gasteiger partial charge is 0.436 e. The summed E-state index contributed by atoms with van der Waals surface area (Å²) in [5, 5.41) is 24.4. The first-order chi connectivity index (χ1) is 26.6. The number of imidazole rings is 1. The highest BCUT2D eigenvalue weighted by Crippen LogP contribution is 2.37. The fraction of sp³-hybridized carbons (Fsp3) is 0.262. The summed E-state index contributed by atoms with van der Waals surface area (Å²) in [6.45, 7) is 2.50. The van der Waals surface area contributed by atoms with Gasteiger partial charge in [-0.3, -0.25) is 10.1 Å². The number of hydrogen-bond acceptors (Lipinski definition) is 8. The van der Waals surface area contributed by atoms with Gasteiger partial charge in [-0.2, -0.15) is 4.48 Å². The van der Waals surface area contributed by atoms with Gasteiger partial charge in [-0.15, -0.1) is 0 Å². The molecule has 55 heavy (non-hydrogen) atoms. The maximum absolute atomic E-state index is 15.6. The van der Waals surface area contributed by atoms with Gasteiger partial charge in [0, 0.05) is 30.5 Å². The van der Waals surface area contributed by atoms with Crippen molar-refractivity contribution in [2.24, 2.45) is 0 Å². The van der Waals surface area contributed by atoms with Crippen LogP contribution in [0.2, 0.25) is 0 Å². The zero-order chi connectivity index (χ0) is 38.3. The third-order valence-corrected chi connectivity index (χ3v) is 10.9. The van der Waals surface area contributed by atoms with Crippen LogP contribution in [0.25, 0.3) is 33.8 Å². The van der Waals surface area contributed by atoms with Crippen molar-refractivity contribution < 1.29 is 37.9 Å². The van der Waals surface area contributed by atoms with Gasteiger partial charge in [-0.25, -0.2) is 23.9 Å². The molecule has 2 aliphatic heterocycles. The molecule has 4 amide bonds. The molecule has 4 aromatic carbocycles. The van der Waals surface area contributed by atoms with E-state index >= 15 is 4.39 Å². The number of urea groups is 1. The smallest absolute Gasteiger partial charge is 0.428 e. The number of nitrogens with zero attached hydrogens (tertiary/aromatic N) is 4. The van der Waals surface area contributed by atoms with Crippen LogP contribution in [-0.4, -0.2) is 71.5 Å². The normalized spacial score (nSPS) is 20.8. The van der Waals surface area contributed by atoms with E-state index in [1.54, 1.807) is 72.5 Å². The van der Waals surface area contributed by atoms with Crippen molar-refractivity contribution in [2.45, 2.75) is 56.9 Å². The van der Waals surface area contributed by atoms with Crippen LogP contribution in [0.1, 0.15) is 67.8 Å². The number of aliphatic hydroxyl groups excluding tert-OH is 2. The van der Waals surface area contributed by atoms with Gasteiger partial charge in [0.15, 0.2) is 18.0 Å². The van der Waals surface area contributed by atoms with Crippen LogP contribution in [0.5, 0.6) is 0 Å². The van der Waals surface area contributed by atoms with E-state index in [2.05, 4.69) is 15.3 Å². The van der Waals surface area contributed by atoms with Gasteiger partial charge in [0.05, 0.1) is 35.5 Å². The Hall–Kier alpha value is -6.02. The molecule has 13 heteroatoms. The zero-order valence-corrected chi connectivity index (χ0v) is 30.1. The van der Waals surface area contributed by atoms with Crippen molar-refractivity contribution in [3.8, 4) is 22.8 Å². The number of imide groups is 1. The summed E-state index contributed by atoms with van der Waals surface area (Å²) < 4.78 is 21.0. The average molecular weight is 744 g/mol. The van der Waals surface area contributed by atoms with Crippen LogP contribution in [0.4, 0.5) is 14.9 Å². The lowest BCUT2D eigenvalue weighted by Gasteiger charge is -2.34. The SMILES string of the molecule is C[C@@H]1CCC[N+]1(C(=O)Nc1ccc(-c2ncc(-c3ccc4nc([C@@H]5CCCN5C(=O)[C@H](O)c5ccccc5)[nH]c4c3)o2)cc1F)C(=O)[C@H](O)c1ccccc1. The van der Waals surface area contributed by atoms with E-state index in [1.165, 1.54) is 18.3 Å². The second-order valence-corrected chi connectivity index (χ2v) is 14.2. The number of amides is 4. The summed E-state index contributed by atoms with van der Waals surface area (Å²) in [5.41, 5.74) is 3.27. The number of halogens is 1. The van der Waals surface area contributed by atoms with Crippen LogP contribution in [0.15, 0.2) is 108 Å². The van der Waals surface area contributed by atoms with Crippen molar-refractivity contribution in [3.63, 3.8) is 0 Å². The molecule has 2 aliphatic rings. The van der Waals surface area contributed by atoms with Crippen LogP contribution in [-0.2, 0) is 9.59 Å². The molecule has 4 N–H and O–H groups in total. The highest BCUT2D eigenvalue weighted by Gasteiger charge is 2.55. The molecule has 2 fully saturated rings. The predicted octanol–water partition coefficient (Wildman–Crippen LogP) is 7.21. The maximum Gasteiger partial charge on any atom is 0.428 e. The van der Waals surface area contributed by atoms with Gasteiger partial charge in [-0.1, -0.05) is 60.7 Å². The van der Waals surface area contributed by atoms with Gasteiger partial charge in [0.1, 0.15) is 17.7 Å². The number of nitrogens with one attached hydrogen (secondary N) is 2. The van der Waals surface area contributed by atoms with Crippen molar-refractivity contribution in [2.75, 3.05) is 18.4 Å². The van der Waals surface area contributed by atoms with Gasteiger partial charge >= 0.3 is 11.9 Å². The lowest BCUT2D eigenvalue weighted by Crippen LogP contribution is -2.62. The molecule has 2 saturated heterocycles. The summed E-state index contributed by atoms with van der Waals surface area (Å²) in [7, 11) is 0. The molecule has 5 atom stereocenters. The van der Waals surface area contributed by atoms with E-state index in [-0.39, 0.29) is 30.1 Å². The first-order valence-corrected chi connectivity index (χ1v) is 18.4. The minimum atomic E-state index is -1.51. The summed E-state index contributed by atoms with van der Waals surface area (Å²) in [6.07, 6.45) is 1.46. The molecular weight excluding hydrogens is 703 g/mol. The quantitative estimate of drug-likeness (QED) is 0.119. The minimum absolute atomic E-state index is 0.114. The predicted molar refractivity (Wildman–Crippen MR) is 201 cm³/mol. The molecule has 0 saturated carbocycles. The lowest BCUT2D eigenvalue weighted by molar-refractivity contribution is -0.784. The monoisotopic (exact) mass is 743 g/mol. The third kappa shape index (κ3) is 6.60. The Kier molecular flexibility index (Phi) is 9.59. The Morgan fingerprint density at radius 2 is 1.62 bits per heavy atom. The lowest BCUT2D eigenvalue weighted by atomic mass is 10.1. The number of benzene rings is 4. The number of carbonyl (C=O) groups is 3. The van der Waals surface area contributed by atoms with E-state index in [9.17, 15) is 24.6 Å². The first kappa shape index (κ1) is 36.0. The standard InChI is InChI=1S/C42H39FN6O6/c1-25-10-9-21-49(25,41(53)37(51)27-13-6-3-7-14-27)42(54)47-31-18-17-29(22-30(31)43)39-44-24-35(55-39)28-16-19-32-33(23-28)46-38(45-32)34-15-8-20-48(34)40(52)36(50)26-11-4-2-5-12-26/h2-7,11-14,16-19,22-25,34,36-37,50-51H,8-10,15,20-21H2,1H3,(H-,44,45,46,47,54)/p+1/t25-,34+,36-,37-,49?/m1/s1. The summed E-state index contributed by atoms with van der Waals surface area (Å²) in [6, 6.07) is 25.6. The van der Waals surface area contributed by atoms with Crippen LogP contribution < -0.4 is 5.32 Å². The molecule has 2 aromatic heterocycles. The topological polar surface area (TPSA) is 162 Å². The molecule has 8 rings (SSSR count). The summed E-state index contributed by atoms with van der Waals surface area (Å²) in [5.74, 6) is -0.545. The number of fused-ring (bicyclic) bond motifs is 1. The van der Waals surface area contributed by atoms with Gasteiger partial charge < -0.3 is 24.5 Å². The van der Waals surface area contributed by atoms with Crippen molar-refractivity contribution in [3.05, 3.63) is 126 Å². The second kappa shape index (κ2) is 14.7. The van der Waals surface area contributed by atoms with E-state index in [1.807, 2.05) is 24.3 Å². The van der Waals surface area contributed by atoms with E-state index in [0.29, 0.717) is 65.2 Å². The first-order valence-electron chi connectivity index (χ1n) is 18.4. The minimum Gasteiger partial charge on any atom is -0.436 e. The number of hydrogen-bond donors (Lipinski definition) is 4. The zero-order valence-electron chi connectivity index (χ0n) is 30.1. The van der Waals surface area contributed by atoms with Crippen molar-refractivity contribution >= 4 is 34.6 Å². The Labute approximate surface area is 315 Å². The third-order valence-electron chi connectivity index (χ3n) is 10.9. The molecule has 0 radical (unpaired) electrons. The molecule has 12 nitrogen and oxygen atoms in total. The van der Waals surface area contributed by atoms with Gasteiger partial charge in [0.25, 0.3) is 5.91 Å². The van der Waals surface area contributed by atoms with Gasteiger partial charge in [0.2, 0.25) is 5.89 Å². The number of anilines is 1. The molecule has 0 bridgehead atoms. The number of likely N-dealkylation sites (tertiary alicyclic amines) is 2. The number of aromatic amines is 1. The molecule has 1 unspecified atom stereocenters. The van der Waals surface area contributed by atoms with Gasteiger partial charge in [-0.05, 0) is 67.3 Å². The number of aromatic nitrogens is 3. The fourth-order valence-corrected chi connectivity index (χ4v) is 7.90. The molecule has 4 heterocycles. The summed E-state index contributed by atoms with van der Waals surface area (Å²) in [4.78, 5) is 55.0. The van der Waals surface area contributed by atoms with E-state index in [0.717, 1.165) is 11.9 Å². The molecule has 280 valence electrons. The number of quaternary nitrogens is 1. The molecule has 0 spiro atoms. The van der Waals surface area contributed by atoms with Crippen LogP contribution in [0.3, 0.4) is 0 Å². The number of carbonyl (C=O) groups excluding carboxylic acids is 3. The highest BCUT2D eigenvalue weighted by molar-refractivity contribution is 5.94. The Morgan fingerprint density at radius 1 is 0.909 bits per heavy atom. The van der Waals surface area contributed by atoms with Crippen LogP contribution >= 0.6 is 0 Å². The molecule has 0 aliphatic carbocycles. The number of oxazole rings is 1. The number of aliphatic hydroxyl groups is 2. The van der Waals surface area contributed by atoms with Crippen molar-refractivity contribution in [1.29, 1.82) is 0 Å². The second-order valence-electron chi connectivity index (χ2n) is 14.2. The molecular formula is C42H40FN6O6+. The molecule has 6 aromatic rings. The summed E-state index contributed by atoms with van der Waals surface area (Å²) >= 11 is 0. The van der Waals surface area contributed by atoms with Crippen LogP contribution in [0, 0.1) is 5.82 Å². The number of H-pyrrole nitrogens is 1.